The SMILES string of the molecule is CC(C)N(/C=C1\CCOc2ccccc2C1)C(C)C. The fraction of sp³-hybridized carbons (Fsp3) is 0.529. The molecule has 104 valence electrons. The van der Waals surface area contributed by atoms with Crippen LogP contribution >= 0.6 is 0 Å². The average Bonchev–Trinajstić information content (AvgIpc) is 2.56. The molecule has 0 amide bonds. The molecule has 2 nitrogen and oxygen atoms in total. The lowest BCUT2D eigenvalue weighted by atomic mass is 10.0. The van der Waals surface area contributed by atoms with E-state index >= 15 is 0 Å². The molecule has 1 aromatic rings. The number of rotatable bonds is 3. The van der Waals surface area contributed by atoms with Gasteiger partial charge in [-0.15, -0.1) is 0 Å². The monoisotopic (exact) mass is 259 g/mol. The second-order valence-corrected chi connectivity index (χ2v) is 5.81. The minimum absolute atomic E-state index is 0.534. The van der Waals surface area contributed by atoms with E-state index in [0.717, 1.165) is 25.2 Å². The van der Waals surface area contributed by atoms with Crippen molar-refractivity contribution in [2.45, 2.75) is 52.6 Å². The van der Waals surface area contributed by atoms with Gasteiger partial charge in [-0.3, -0.25) is 0 Å². The normalized spacial score (nSPS) is 17.3. The molecule has 2 heteroatoms. The second-order valence-electron chi connectivity index (χ2n) is 5.81. The summed E-state index contributed by atoms with van der Waals surface area (Å²) < 4.78 is 5.82. The van der Waals surface area contributed by atoms with E-state index in [-0.39, 0.29) is 0 Å². The highest BCUT2D eigenvalue weighted by Crippen LogP contribution is 2.26. The van der Waals surface area contributed by atoms with Gasteiger partial charge in [-0.2, -0.15) is 0 Å². The van der Waals surface area contributed by atoms with Crippen molar-refractivity contribution in [2.75, 3.05) is 6.61 Å². The van der Waals surface area contributed by atoms with Crippen LogP contribution in [0.15, 0.2) is 36.0 Å². The van der Waals surface area contributed by atoms with E-state index in [0.29, 0.717) is 12.1 Å². The first kappa shape index (κ1) is 14.0. The molecule has 0 radical (unpaired) electrons. The molecule has 0 N–H and O–H groups in total. The molecular weight excluding hydrogens is 234 g/mol. The zero-order valence-electron chi connectivity index (χ0n) is 12.5. The van der Waals surface area contributed by atoms with Gasteiger partial charge in [-0.1, -0.05) is 18.2 Å². The van der Waals surface area contributed by atoms with Crippen LogP contribution in [0, 0.1) is 0 Å². The molecule has 0 aromatic heterocycles. The van der Waals surface area contributed by atoms with Gasteiger partial charge in [-0.05, 0) is 57.5 Å². The lowest BCUT2D eigenvalue weighted by Gasteiger charge is -2.30. The maximum atomic E-state index is 5.82. The van der Waals surface area contributed by atoms with Crippen molar-refractivity contribution in [3.63, 3.8) is 0 Å². The number of hydrogen-bond acceptors (Lipinski definition) is 2. The predicted molar refractivity (Wildman–Crippen MR) is 80.5 cm³/mol. The Balaban J connectivity index is 2.22. The first-order chi connectivity index (χ1) is 9.08. The maximum Gasteiger partial charge on any atom is 0.122 e. The molecule has 0 aliphatic carbocycles. The molecule has 0 saturated heterocycles. The van der Waals surface area contributed by atoms with Crippen LogP contribution in [0.3, 0.4) is 0 Å². The summed E-state index contributed by atoms with van der Waals surface area (Å²) in [5, 5.41) is 0. The van der Waals surface area contributed by atoms with Gasteiger partial charge < -0.3 is 9.64 Å². The Morgan fingerprint density at radius 3 is 2.47 bits per heavy atom. The van der Waals surface area contributed by atoms with Crippen LogP contribution in [0.2, 0.25) is 0 Å². The molecule has 0 atom stereocenters. The highest BCUT2D eigenvalue weighted by Gasteiger charge is 2.15. The summed E-state index contributed by atoms with van der Waals surface area (Å²) >= 11 is 0. The van der Waals surface area contributed by atoms with Gasteiger partial charge >= 0.3 is 0 Å². The summed E-state index contributed by atoms with van der Waals surface area (Å²) in [5.41, 5.74) is 2.77. The van der Waals surface area contributed by atoms with Crippen LogP contribution in [0.5, 0.6) is 5.75 Å². The van der Waals surface area contributed by atoms with Crippen molar-refractivity contribution in [1.29, 1.82) is 0 Å². The number of para-hydroxylation sites is 1. The zero-order valence-corrected chi connectivity index (χ0v) is 12.5. The van der Waals surface area contributed by atoms with Gasteiger partial charge in [0.1, 0.15) is 5.75 Å². The first-order valence-corrected chi connectivity index (χ1v) is 7.25. The summed E-state index contributed by atoms with van der Waals surface area (Å²) in [5.74, 6) is 1.05. The number of fused-ring (bicyclic) bond motifs is 1. The molecule has 2 rings (SSSR count). The van der Waals surface area contributed by atoms with E-state index in [1.54, 1.807) is 0 Å². The smallest absolute Gasteiger partial charge is 0.122 e. The summed E-state index contributed by atoms with van der Waals surface area (Å²) in [6, 6.07) is 9.44. The summed E-state index contributed by atoms with van der Waals surface area (Å²) in [6.07, 6.45) is 4.37. The van der Waals surface area contributed by atoms with Crippen molar-refractivity contribution >= 4 is 0 Å². The highest BCUT2D eigenvalue weighted by molar-refractivity contribution is 5.37. The van der Waals surface area contributed by atoms with Crippen LogP contribution in [-0.4, -0.2) is 23.6 Å². The Bertz CT molecular complexity index is 440. The van der Waals surface area contributed by atoms with E-state index in [4.69, 9.17) is 4.74 Å². The number of benzene rings is 1. The van der Waals surface area contributed by atoms with Crippen LogP contribution in [0.1, 0.15) is 39.7 Å². The third-order valence-electron chi connectivity index (χ3n) is 3.60. The Kier molecular flexibility index (Phi) is 4.52. The molecule has 1 aromatic carbocycles. The van der Waals surface area contributed by atoms with Gasteiger partial charge in [0.25, 0.3) is 0 Å². The van der Waals surface area contributed by atoms with Gasteiger partial charge in [0.15, 0.2) is 0 Å². The maximum absolute atomic E-state index is 5.82. The van der Waals surface area contributed by atoms with Crippen molar-refractivity contribution < 1.29 is 4.74 Å². The number of ether oxygens (including phenoxy) is 1. The van der Waals surface area contributed by atoms with E-state index in [1.807, 2.05) is 6.07 Å². The van der Waals surface area contributed by atoms with Crippen LogP contribution in [0.25, 0.3) is 0 Å². The van der Waals surface area contributed by atoms with Crippen LogP contribution < -0.4 is 4.74 Å². The molecular formula is C17H25NO. The number of nitrogens with zero attached hydrogens (tertiary/aromatic N) is 1. The molecule has 0 bridgehead atoms. The van der Waals surface area contributed by atoms with Gasteiger partial charge in [0.2, 0.25) is 0 Å². The lowest BCUT2D eigenvalue weighted by molar-refractivity contribution is 0.252. The molecule has 0 saturated carbocycles. The van der Waals surface area contributed by atoms with Gasteiger partial charge in [-0.25, -0.2) is 0 Å². The Morgan fingerprint density at radius 2 is 1.79 bits per heavy atom. The van der Waals surface area contributed by atoms with E-state index in [2.05, 4.69) is 57.0 Å². The van der Waals surface area contributed by atoms with E-state index in [1.165, 1.54) is 11.1 Å². The molecule has 0 spiro atoms. The van der Waals surface area contributed by atoms with Crippen molar-refractivity contribution in [2.24, 2.45) is 0 Å². The Hall–Kier alpha value is -1.44. The van der Waals surface area contributed by atoms with E-state index < -0.39 is 0 Å². The standard InChI is InChI=1S/C17H25NO/c1-13(2)18(14(3)4)12-15-9-10-19-17-8-6-5-7-16(17)11-15/h5-8,12-14H,9-11H2,1-4H3/b15-12+. The average molecular weight is 259 g/mol. The van der Waals surface area contributed by atoms with Gasteiger partial charge in [0, 0.05) is 18.5 Å². The molecule has 1 aliphatic rings. The quantitative estimate of drug-likeness (QED) is 0.813. The number of hydrogen-bond donors (Lipinski definition) is 0. The fourth-order valence-electron chi connectivity index (χ4n) is 2.63. The van der Waals surface area contributed by atoms with Crippen LogP contribution in [-0.2, 0) is 6.42 Å². The first-order valence-electron chi connectivity index (χ1n) is 7.25. The Labute approximate surface area is 117 Å². The molecule has 1 heterocycles. The minimum atomic E-state index is 0.534. The lowest BCUT2D eigenvalue weighted by Crippen LogP contribution is -2.32. The third kappa shape index (κ3) is 3.52. The summed E-state index contributed by atoms with van der Waals surface area (Å²) in [6.45, 7) is 9.78. The zero-order chi connectivity index (χ0) is 13.8. The summed E-state index contributed by atoms with van der Waals surface area (Å²) in [7, 11) is 0. The predicted octanol–water partition coefficient (Wildman–Crippen LogP) is 4.01. The third-order valence-corrected chi connectivity index (χ3v) is 3.60. The second kappa shape index (κ2) is 6.14. The minimum Gasteiger partial charge on any atom is -0.493 e. The van der Waals surface area contributed by atoms with Crippen molar-refractivity contribution in [3.05, 3.63) is 41.6 Å². The van der Waals surface area contributed by atoms with Crippen LogP contribution in [0.4, 0.5) is 0 Å². The topological polar surface area (TPSA) is 12.5 Å². The van der Waals surface area contributed by atoms with Gasteiger partial charge in [0.05, 0.1) is 6.61 Å². The Morgan fingerprint density at radius 1 is 1.11 bits per heavy atom. The molecule has 19 heavy (non-hydrogen) atoms. The van der Waals surface area contributed by atoms with Crippen molar-refractivity contribution in [3.8, 4) is 5.75 Å². The molecule has 0 fully saturated rings. The highest BCUT2D eigenvalue weighted by atomic mass is 16.5. The molecule has 0 unspecified atom stereocenters. The largest absolute Gasteiger partial charge is 0.493 e. The van der Waals surface area contributed by atoms with E-state index in [9.17, 15) is 0 Å². The summed E-state index contributed by atoms with van der Waals surface area (Å²) in [4.78, 5) is 2.43. The van der Waals surface area contributed by atoms with Crippen molar-refractivity contribution in [1.82, 2.24) is 4.90 Å². The molecule has 1 aliphatic heterocycles. The fourth-order valence-corrected chi connectivity index (χ4v) is 2.63.